The average molecular weight is 284 g/mol. The molecule has 8 heteroatoms. The van der Waals surface area contributed by atoms with Gasteiger partial charge in [0.2, 0.25) is 5.43 Å². The number of hydrogen-bond donors (Lipinski definition) is 3. The summed E-state index contributed by atoms with van der Waals surface area (Å²) in [5.41, 5.74) is 2.90. The SMILES string of the molecule is Nc1c(F)c(F)cc2c1c(=O)c(C(=O)O)cn2CCO. The fraction of sp³-hybridized carbons (Fsp3) is 0.167. The number of carboxylic acids is 1. The summed E-state index contributed by atoms with van der Waals surface area (Å²) in [6.45, 7) is -0.475. The summed E-state index contributed by atoms with van der Waals surface area (Å²) in [6, 6.07) is 0.740. The highest BCUT2D eigenvalue weighted by molar-refractivity contribution is 5.97. The Balaban J connectivity index is 3.02. The molecule has 0 aliphatic rings. The van der Waals surface area contributed by atoms with E-state index in [2.05, 4.69) is 0 Å². The van der Waals surface area contributed by atoms with Crippen LogP contribution < -0.4 is 11.2 Å². The predicted octanol–water partition coefficient (Wildman–Crippen LogP) is 0.552. The average Bonchev–Trinajstić information content (AvgIpc) is 2.38. The van der Waals surface area contributed by atoms with Crippen molar-refractivity contribution in [2.75, 3.05) is 12.3 Å². The normalized spacial score (nSPS) is 10.9. The topological polar surface area (TPSA) is 106 Å². The maximum absolute atomic E-state index is 13.4. The molecule has 0 aliphatic heterocycles. The summed E-state index contributed by atoms with van der Waals surface area (Å²) in [5.74, 6) is -4.19. The monoisotopic (exact) mass is 284 g/mol. The molecule has 0 saturated carbocycles. The van der Waals surface area contributed by atoms with Gasteiger partial charge in [0.05, 0.1) is 23.2 Å². The van der Waals surface area contributed by atoms with E-state index in [1.54, 1.807) is 0 Å². The Morgan fingerprint density at radius 2 is 2.05 bits per heavy atom. The fourth-order valence-corrected chi connectivity index (χ4v) is 1.96. The van der Waals surface area contributed by atoms with Gasteiger partial charge in [-0.25, -0.2) is 13.6 Å². The molecule has 0 fully saturated rings. The van der Waals surface area contributed by atoms with Crippen LogP contribution in [-0.4, -0.2) is 27.4 Å². The number of fused-ring (bicyclic) bond motifs is 1. The zero-order chi connectivity index (χ0) is 15.0. The highest BCUT2D eigenvalue weighted by Gasteiger charge is 2.20. The van der Waals surface area contributed by atoms with E-state index >= 15 is 0 Å². The van der Waals surface area contributed by atoms with E-state index in [0.717, 1.165) is 16.8 Å². The first kappa shape index (κ1) is 13.9. The zero-order valence-electron chi connectivity index (χ0n) is 10.1. The Labute approximate surface area is 110 Å². The van der Waals surface area contributed by atoms with Crippen molar-refractivity contribution < 1.29 is 23.8 Å². The van der Waals surface area contributed by atoms with Gasteiger partial charge in [-0.3, -0.25) is 4.79 Å². The molecular formula is C12H10F2N2O4. The summed E-state index contributed by atoms with van der Waals surface area (Å²) in [7, 11) is 0. The van der Waals surface area contributed by atoms with Gasteiger partial charge in [-0.1, -0.05) is 0 Å². The molecule has 20 heavy (non-hydrogen) atoms. The first-order valence-electron chi connectivity index (χ1n) is 5.53. The number of aromatic nitrogens is 1. The van der Waals surface area contributed by atoms with E-state index in [1.807, 2.05) is 0 Å². The maximum Gasteiger partial charge on any atom is 0.341 e. The lowest BCUT2D eigenvalue weighted by molar-refractivity contribution is 0.0694. The summed E-state index contributed by atoms with van der Waals surface area (Å²) in [5, 5.41) is 17.5. The quantitative estimate of drug-likeness (QED) is 0.714. The van der Waals surface area contributed by atoms with Crippen LogP contribution in [0.4, 0.5) is 14.5 Å². The van der Waals surface area contributed by atoms with E-state index < -0.39 is 39.7 Å². The summed E-state index contributed by atoms with van der Waals surface area (Å²) in [6.07, 6.45) is 0.958. The van der Waals surface area contributed by atoms with Crippen LogP contribution in [0.2, 0.25) is 0 Å². The number of aromatic carboxylic acids is 1. The Morgan fingerprint density at radius 3 is 2.60 bits per heavy atom. The van der Waals surface area contributed by atoms with Crippen molar-refractivity contribution in [1.82, 2.24) is 4.57 Å². The van der Waals surface area contributed by atoms with Gasteiger partial charge in [-0.2, -0.15) is 0 Å². The number of carbonyl (C=O) groups is 1. The number of hydrogen-bond acceptors (Lipinski definition) is 4. The molecular weight excluding hydrogens is 274 g/mol. The van der Waals surface area contributed by atoms with Crippen LogP contribution in [0.15, 0.2) is 17.1 Å². The lowest BCUT2D eigenvalue weighted by Gasteiger charge is -2.13. The van der Waals surface area contributed by atoms with Gasteiger partial charge in [0.25, 0.3) is 0 Å². The molecule has 4 N–H and O–H groups in total. The minimum atomic E-state index is -1.52. The van der Waals surface area contributed by atoms with E-state index in [-0.39, 0.29) is 18.7 Å². The smallest absolute Gasteiger partial charge is 0.341 e. The number of anilines is 1. The lowest BCUT2D eigenvalue weighted by Crippen LogP contribution is -2.21. The zero-order valence-corrected chi connectivity index (χ0v) is 10.1. The van der Waals surface area contributed by atoms with E-state index in [0.29, 0.717) is 0 Å². The Kier molecular flexibility index (Phi) is 3.41. The van der Waals surface area contributed by atoms with Crippen molar-refractivity contribution in [3.8, 4) is 0 Å². The number of nitrogens with zero attached hydrogens (tertiary/aromatic N) is 1. The molecule has 1 aromatic carbocycles. The molecule has 0 bridgehead atoms. The fourth-order valence-electron chi connectivity index (χ4n) is 1.96. The Hall–Kier alpha value is -2.48. The van der Waals surface area contributed by atoms with E-state index in [1.165, 1.54) is 0 Å². The second kappa shape index (κ2) is 4.89. The lowest BCUT2D eigenvalue weighted by atomic mass is 10.1. The molecule has 0 unspecified atom stereocenters. The number of carboxylic acid groups (broad SMARTS) is 1. The van der Waals surface area contributed by atoms with Gasteiger partial charge in [0, 0.05) is 18.8 Å². The molecule has 1 aromatic heterocycles. The molecule has 0 saturated heterocycles. The number of pyridine rings is 1. The first-order valence-corrected chi connectivity index (χ1v) is 5.53. The van der Waals surface area contributed by atoms with Crippen molar-refractivity contribution in [1.29, 1.82) is 0 Å². The van der Waals surface area contributed by atoms with Gasteiger partial charge in [0.1, 0.15) is 5.56 Å². The van der Waals surface area contributed by atoms with Crippen LogP contribution in [0.25, 0.3) is 10.9 Å². The van der Waals surface area contributed by atoms with Crippen LogP contribution >= 0.6 is 0 Å². The van der Waals surface area contributed by atoms with Gasteiger partial charge >= 0.3 is 5.97 Å². The van der Waals surface area contributed by atoms with E-state index in [9.17, 15) is 18.4 Å². The minimum Gasteiger partial charge on any atom is -0.477 e. The second-order valence-electron chi connectivity index (χ2n) is 4.07. The van der Waals surface area contributed by atoms with Crippen LogP contribution in [0.5, 0.6) is 0 Å². The number of halogens is 2. The van der Waals surface area contributed by atoms with E-state index in [4.69, 9.17) is 15.9 Å². The number of benzene rings is 1. The highest BCUT2D eigenvalue weighted by Crippen LogP contribution is 2.24. The molecule has 0 atom stereocenters. The van der Waals surface area contributed by atoms with Gasteiger partial charge < -0.3 is 20.5 Å². The molecule has 2 rings (SSSR count). The number of aliphatic hydroxyl groups is 1. The Morgan fingerprint density at radius 1 is 1.40 bits per heavy atom. The van der Waals surface area contributed by atoms with Crippen molar-refractivity contribution in [3.05, 3.63) is 39.7 Å². The third-order valence-electron chi connectivity index (χ3n) is 2.87. The maximum atomic E-state index is 13.4. The minimum absolute atomic E-state index is 0.0783. The molecule has 0 amide bonds. The molecule has 6 nitrogen and oxygen atoms in total. The molecule has 0 radical (unpaired) electrons. The third-order valence-corrected chi connectivity index (χ3v) is 2.87. The number of nitrogens with two attached hydrogens (primary N) is 1. The predicted molar refractivity (Wildman–Crippen MR) is 66.6 cm³/mol. The van der Waals surface area contributed by atoms with Crippen molar-refractivity contribution in [2.45, 2.75) is 6.54 Å². The number of rotatable bonds is 3. The van der Waals surface area contributed by atoms with Crippen LogP contribution in [0.1, 0.15) is 10.4 Å². The number of aliphatic hydroxyl groups excluding tert-OH is 1. The Bertz CT molecular complexity index is 770. The van der Waals surface area contributed by atoms with Crippen molar-refractivity contribution in [2.24, 2.45) is 0 Å². The third kappa shape index (κ3) is 1.99. The van der Waals surface area contributed by atoms with Crippen LogP contribution in [0.3, 0.4) is 0 Å². The van der Waals surface area contributed by atoms with Crippen molar-refractivity contribution >= 4 is 22.6 Å². The molecule has 106 valence electrons. The standard InChI is InChI=1S/C12H10F2N2O4/c13-6-3-7-8(10(15)9(6)14)11(18)5(12(19)20)4-16(7)1-2-17/h3-4,17H,1-2,15H2,(H,19,20). The summed E-state index contributed by atoms with van der Waals surface area (Å²) < 4.78 is 28.0. The summed E-state index contributed by atoms with van der Waals surface area (Å²) >= 11 is 0. The van der Waals surface area contributed by atoms with Gasteiger partial charge in [0.15, 0.2) is 11.6 Å². The van der Waals surface area contributed by atoms with Gasteiger partial charge in [-0.05, 0) is 0 Å². The molecule has 0 spiro atoms. The molecule has 0 aliphatic carbocycles. The molecule has 1 heterocycles. The van der Waals surface area contributed by atoms with Gasteiger partial charge in [-0.15, -0.1) is 0 Å². The largest absolute Gasteiger partial charge is 0.477 e. The highest BCUT2D eigenvalue weighted by atomic mass is 19.2. The number of nitrogen functional groups attached to an aromatic ring is 1. The van der Waals surface area contributed by atoms with Crippen LogP contribution in [-0.2, 0) is 6.54 Å². The summed E-state index contributed by atoms with van der Waals surface area (Å²) in [4.78, 5) is 23.0. The second-order valence-corrected chi connectivity index (χ2v) is 4.07. The molecule has 2 aromatic rings. The first-order chi connectivity index (χ1) is 9.38. The van der Waals surface area contributed by atoms with Crippen LogP contribution in [0, 0.1) is 11.6 Å². The van der Waals surface area contributed by atoms with Crippen molar-refractivity contribution in [3.63, 3.8) is 0 Å².